The molecule has 6 heteroatoms. The standard InChI is InChI=1S/C9H17NO5/c1-9(2)14-7-5(12)6(4(10)3-11)13-8(7)15-9/h4-8,11-12H,3,10H2,1-2H3. The van der Waals surface area contributed by atoms with Gasteiger partial charge in [-0.3, -0.25) is 0 Å². The van der Waals surface area contributed by atoms with Gasteiger partial charge in [0.1, 0.15) is 18.3 Å². The zero-order valence-corrected chi connectivity index (χ0v) is 8.79. The molecular weight excluding hydrogens is 202 g/mol. The third-order valence-corrected chi connectivity index (χ3v) is 2.69. The van der Waals surface area contributed by atoms with Gasteiger partial charge >= 0.3 is 0 Å². The van der Waals surface area contributed by atoms with Crippen molar-refractivity contribution in [3.63, 3.8) is 0 Å². The van der Waals surface area contributed by atoms with Gasteiger partial charge in [0.05, 0.1) is 12.6 Å². The van der Waals surface area contributed by atoms with Crippen molar-refractivity contribution in [1.29, 1.82) is 0 Å². The molecule has 0 bridgehead atoms. The van der Waals surface area contributed by atoms with E-state index in [2.05, 4.69) is 0 Å². The van der Waals surface area contributed by atoms with Gasteiger partial charge in [-0.05, 0) is 13.8 Å². The molecule has 88 valence electrons. The van der Waals surface area contributed by atoms with Gasteiger partial charge in [0.2, 0.25) is 0 Å². The minimum Gasteiger partial charge on any atom is -0.395 e. The summed E-state index contributed by atoms with van der Waals surface area (Å²) in [6.07, 6.45) is -2.62. The van der Waals surface area contributed by atoms with E-state index in [1.165, 1.54) is 0 Å². The lowest BCUT2D eigenvalue weighted by atomic mass is 10.1. The average Bonchev–Trinajstić information content (AvgIpc) is 2.60. The van der Waals surface area contributed by atoms with Gasteiger partial charge in [-0.15, -0.1) is 0 Å². The molecule has 0 aromatic heterocycles. The maximum absolute atomic E-state index is 9.87. The predicted octanol–water partition coefficient (Wildman–Crippen LogP) is -1.46. The van der Waals surface area contributed by atoms with Crippen LogP contribution in [0.15, 0.2) is 0 Å². The van der Waals surface area contributed by atoms with Gasteiger partial charge in [-0.25, -0.2) is 0 Å². The monoisotopic (exact) mass is 219 g/mol. The fourth-order valence-corrected chi connectivity index (χ4v) is 1.97. The summed E-state index contributed by atoms with van der Waals surface area (Å²) in [5.41, 5.74) is 5.59. The van der Waals surface area contributed by atoms with E-state index in [-0.39, 0.29) is 6.61 Å². The van der Waals surface area contributed by atoms with E-state index < -0.39 is 36.4 Å². The molecule has 0 amide bonds. The van der Waals surface area contributed by atoms with Gasteiger partial charge < -0.3 is 30.2 Å². The summed E-state index contributed by atoms with van der Waals surface area (Å²) in [4.78, 5) is 0. The van der Waals surface area contributed by atoms with Crippen LogP contribution in [0.3, 0.4) is 0 Å². The minimum absolute atomic E-state index is 0.245. The number of aliphatic hydroxyl groups is 2. The maximum Gasteiger partial charge on any atom is 0.190 e. The number of hydrogen-bond donors (Lipinski definition) is 3. The smallest absolute Gasteiger partial charge is 0.190 e. The Bertz CT molecular complexity index is 247. The first kappa shape index (κ1) is 11.3. The van der Waals surface area contributed by atoms with E-state index >= 15 is 0 Å². The molecule has 0 saturated carbocycles. The highest BCUT2D eigenvalue weighted by Gasteiger charge is 2.55. The molecule has 6 nitrogen and oxygen atoms in total. The second-order valence-electron chi connectivity index (χ2n) is 4.41. The lowest BCUT2D eigenvalue weighted by molar-refractivity contribution is -0.217. The molecule has 0 aliphatic carbocycles. The van der Waals surface area contributed by atoms with Gasteiger partial charge in [0.15, 0.2) is 12.1 Å². The van der Waals surface area contributed by atoms with Crippen molar-refractivity contribution in [3.8, 4) is 0 Å². The SMILES string of the molecule is CC1(C)OC2OC(C(N)CO)C(O)C2O1. The van der Waals surface area contributed by atoms with E-state index in [9.17, 15) is 5.11 Å². The third-order valence-electron chi connectivity index (χ3n) is 2.69. The van der Waals surface area contributed by atoms with Crippen molar-refractivity contribution < 1.29 is 24.4 Å². The summed E-state index contributed by atoms with van der Waals surface area (Å²) in [6, 6.07) is -0.624. The van der Waals surface area contributed by atoms with Gasteiger partial charge in [-0.1, -0.05) is 0 Å². The Hall–Kier alpha value is -0.240. The summed E-state index contributed by atoms with van der Waals surface area (Å²) in [7, 11) is 0. The van der Waals surface area contributed by atoms with Crippen LogP contribution in [0.25, 0.3) is 0 Å². The van der Waals surface area contributed by atoms with E-state index in [0.717, 1.165) is 0 Å². The fraction of sp³-hybridized carbons (Fsp3) is 1.00. The Morgan fingerprint density at radius 1 is 1.40 bits per heavy atom. The Morgan fingerprint density at radius 3 is 2.60 bits per heavy atom. The highest BCUT2D eigenvalue weighted by atomic mass is 16.8. The van der Waals surface area contributed by atoms with Crippen molar-refractivity contribution in [2.24, 2.45) is 5.73 Å². The molecule has 5 unspecified atom stereocenters. The van der Waals surface area contributed by atoms with Crippen LogP contribution in [-0.4, -0.2) is 53.3 Å². The predicted molar refractivity (Wildman–Crippen MR) is 49.8 cm³/mol. The van der Waals surface area contributed by atoms with Crippen molar-refractivity contribution in [2.75, 3.05) is 6.61 Å². The number of fused-ring (bicyclic) bond motifs is 1. The van der Waals surface area contributed by atoms with E-state index in [1.807, 2.05) is 0 Å². The van der Waals surface area contributed by atoms with Gasteiger partial charge in [0, 0.05) is 0 Å². The highest BCUT2D eigenvalue weighted by molar-refractivity contribution is 4.96. The Balaban J connectivity index is 2.05. The zero-order valence-electron chi connectivity index (χ0n) is 8.79. The third kappa shape index (κ3) is 1.89. The molecule has 0 spiro atoms. The molecule has 4 N–H and O–H groups in total. The van der Waals surface area contributed by atoms with Gasteiger partial charge in [-0.2, -0.15) is 0 Å². The Labute approximate surface area is 87.9 Å². The van der Waals surface area contributed by atoms with E-state index in [0.29, 0.717) is 0 Å². The Morgan fingerprint density at radius 2 is 2.07 bits per heavy atom. The zero-order chi connectivity index (χ0) is 11.2. The molecule has 15 heavy (non-hydrogen) atoms. The number of hydrogen-bond acceptors (Lipinski definition) is 6. The number of aliphatic hydroxyl groups excluding tert-OH is 2. The first-order valence-corrected chi connectivity index (χ1v) is 5.00. The molecule has 0 aromatic carbocycles. The van der Waals surface area contributed by atoms with Crippen molar-refractivity contribution >= 4 is 0 Å². The molecule has 2 fully saturated rings. The van der Waals surface area contributed by atoms with Crippen LogP contribution in [0.5, 0.6) is 0 Å². The maximum atomic E-state index is 9.87. The summed E-state index contributed by atoms with van der Waals surface area (Å²) in [5, 5.41) is 18.8. The largest absolute Gasteiger partial charge is 0.395 e. The molecule has 2 rings (SSSR count). The van der Waals surface area contributed by atoms with Crippen LogP contribution in [-0.2, 0) is 14.2 Å². The topological polar surface area (TPSA) is 94.2 Å². The Kier molecular flexibility index (Phi) is 2.74. The summed E-state index contributed by atoms with van der Waals surface area (Å²) >= 11 is 0. The van der Waals surface area contributed by atoms with E-state index in [4.69, 9.17) is 25.1 Å². The fourth-order valence-electron chi connectivity index (χ4n) is 1.97. The molecule has 0 aromatic rings. The molecule has 0 radical (unpaired) electrons. The van der Waals surface area contributed by atoms with Crippen molar-refractivity contribution in [1.82, 2.24) is 0 Å². The molecule has 2 aliphatic rings. The summed E-state index contributed by atoms with van der Waals surface area (Å²) in [6.45, 7) is 3.26. The van der Waals surface area contributed by atoms with Crippen LogP contribution in [0.1, 0.15) is 13.8 Å². The number of ether oxygens (including phenoxy) is 3. The lowest BCUT2D eigenvalue weighted by Crippen LogP contribution is -2.46. The lowest BCUT2D eigenvalue weighted by Gasteiger charge is -2.25. The molecule has 2 aliphatic heterocycles. The highest BCUT2D eigenvalue weighted by Crippen LogP contribution is 2.37. The van der Waals surface area contributed by atoms with Gasteiger partial charge in [0.25, 0.3) is 0 Å². The van der Waals surface area contributed by atoms with Crippen molar-refractivity contribution in [3.05, 3.63) is 0 Å². The number of nitrogens with two attached hydrogens (primary N) is 1. The summed E-state index contributed by atoms with van der Waals surface area (Å²) < 4.78 is 16.3. The normalized spacial score (nSPS) is 45.4. The second-order valence-corrected chi connectivity index (χ2v) is 4.41. The van der Waals surface area contributed by atoms with Crippen LogP contribution >= 0.6 is 0 Å². The van der Waals surface area contributed by atoms with Crippen LogP contribution < -0.4 is 5.73 Å². The average molecular weight is 219 g/mol. The molecular formula is C9H17NO5. The second kappa shape index (κ2) is 3.65. The van der Waals surface area contributed by atoms with E-state index in [1.54, 1.807) is 13.8 Å². The molecule has 5 atom stereocenters. The first-order chi connectivity index (χ1) is 6.94. The molecule has 2 heterocycles. The summed E-state index contributed by atoms with van der Waals surface area (Å²) in [5.74, 6) is -0.745. The van der Waals surface area contributed by atoms with Crippen molar-refractivity contribution in [2.45, 2.75) is 50.3 Å². The quantitative estimate of drug-likeness (QED) is 0.525. The van der Waals surface area contributed by atoms with Crippen LogP contribution in [0.2, 0.25) is 0 Å². The van der Waals surface area contributed by atoms with Crippen LogP contribution in [0.4, 0.5) is 0 Å². The first-order valence-electron chi connectivity index (χ1n) is 5.00. The number of rotatable bonds is 2. The van der Waals surface area contributed by atoms with Crippen LogP contribution in [0, 0.1) is 0 Å². The molecule has 2 saturated heterocycles. The minimum atomic E-state index is -0.862.